The SMILES string of the molecule is NC(=O)c1cccnc1-c1ccc(Cl)cc1Cl. The molecule has 86 valence electrons. The summed E-state index contributed by atoms with van der Waals surface area (Å²) in [5.41, 5.74) is 6.70. The Kier molecular flexibility index (Phi) is 3.31. The van der Waals surface area contributed by atoms with E-state index in [0.717, 1.165) is 0 Å². The number of halogens is 2. The number of carbonyl (C=O) groups is 1. The van der Waals surface area contributed by atoms with E-state index < -0.39 is 5.91 Å². The molecule has 2 N–H and O–H groups in total. The molecule has 2 aromatic rings. The summed E-state index contributed by atoms with van der Waals surface area (Å²) in [6, 6.07) is 8.24. The number of nitrogens with zero attached hydrogens (tertiary/aromatic N) is 1. The molecule has 1 aromatic carbocycles. The summed E-state index contributed by atoms with van der Waals surface area (Å²) in [5.74, 6) is -0.542. The summed E-state index contributed by atoms with van der Waals surface area (Å²) in [5, 5.41) is 0.953. The van der Waals surface area contributed by atoms with Gasteiger partial charge in [0.1, 0.15) is 0 Å². The third kappa shape index (κ3) is 2.40. The molecule has 0 spiro atoms. The number of rotatable bonds is 2. The number of pyridine rings is 1. The first-order valence-electron chi connectivity index (χ1n) is 4.80. The van der Waals surface area contributed by atoms with Gasteiger partial charge in [-0.15, -0.1) is 0 Å². The van der Waals surface area contributed by atoms with Gasteiger partial charge in [0.05, 0.1) is 16.3 Å². The minimum absolute atomic E-state index is 0.330. The van der Waals surface area contributed by atoms with E-state index in [4.69, 9.17) is 28.9 Å². The van der Waals surface area contributed by atoms with Gasteiger partial charge in [0.2, 0.25) is 0 Å². The second kappa shape index (κ2) is 4.73. The summed E-state index contributed by atoms with van der Waals surface area (Å²) in [4.78, 5) is 15.4. The molecule has 0 radical (unpaired) electrons. The van der Waals surface area contributed by atoms with Gasteiger partial charge < -0.3 is 5.73 Å². The fourth-order valence-electron chi connectivity index (χ4n) is 1.50. The first-order chi connectivity index (χ1) is 8.09. The average Bonchev–Trinajstić information content (AvgIpc) is 2.29. The fraction of sp³-hybridized carbons (Fsp3) is 0. The largest absolute Gasteiger partial charge is 0.366 e. The number of aromatic nitrogens is 1. The summed E-state index contributed by atoms with van der Waals surface area (Å²) in [6.45, 7) is 0. The van der Waals surface area contributed by atoms with E-state index in [9.17, 15) is 4.79 Å². The topological polar surface area (TPSA) is 56.0 Å². The lowest BCUT2D eigenvalue weighted by atomic mass is 10.1. The number of carbonyl (C=O) groups excluding carboxylic acids is 1. The van der Waals surface area contributed by atoms with Gasteiger partial charge in [-0.25, -0.2) is 0 Å². The molecular weight excluding hydrogens is 259 g/mol. The Balaban J connectivity index is 2.64. The van der Waals surface area contributed by atoms with E-state index in [-0.39, 0.29) is 0 Å². The van der Waals surface area contributed by atoms with Crippen molar-refractivity contribution in [1.29, 1.82) is 0 Å². The zero-order chi connectivity index (χ0) is 12.4. The van der Waals surface area contributed by atoms with Crippen LogP contribution >= 0.6 is 23.2 Å². The minimum atomic E-state index is -0.542. The average molecular weight is 267 g/mol. The third-order valence-electron chi connectivity index (χ3n) is 2.26. The second-order valence-corrected chi connectivity index (χ2v) is 4.23. The molecule has 1 aromatic heterocycles. The van der Waals surface area contributed by atoms with E-state index in [1.807, 2.05) is 0 Å². The lowest BCUT2D eigenvalue weighted by Gasteiger charge is -2.07. The van der Waals surface area contributed by atoms with Gasteiger partial charge in [0, 0.05) is 16.8 Å². The molecule has 0 bridgehead atoms. The highest BCUT2D eigenvalue weighted by atomic mass is 35.5. The smallest absolute Gasteiger partial charge is 0.250 e. The standard InChI is InChI=1S/C12H8Cl2N2O/c13-7-3-4-8(10(14)6-7)11-9(12(15)17)2-1-5-16-11/h1-6H,(H2,15,17). The molecule has 0 saturated heterocycles. The number of nitrogens with two attached hydrogens (primary N) is 1. The van der Waals surface area contributed by atoms with Crippen LogP contribution in [0.15, 0.2) is 36.5 Å². The third-order valence-corrected chi connectivity index (χ3v) is 2.81. The van der Waals surface area contributed by atoms with Crippen LogP contribution in [0.3, 0.4) is 0 Å². The van der Waals surface area contributed by atoms with Crippen molar-refractivity contribution in [3.05, 3.63) is 52.1 Å². The van der Waals surface area contributed by atoms with Crippen LogP contribution in [0.2, 0.25) is 10.0 Å². The van der Waals surface area contributed by atoms with Crippen molar-refractivity contribution >= 4 is 29.1 Å². The van der Waals surface area contributed by atoms with Crippen LogP contribution in [0.1, 0.15) is 10.4 Å². The predicted molar refractivity (Wildman–Crippen MR) is 68.2 cm³/mol. The Hall–Kier alpha value is -1.58. The zero-order valence-electron chi connectivity index (χ0n) is 8.65. The second-order valence-electron chi connectivity index (χ2n) is 3.39. The number of hydrogen-bond acceptors (Lipinski definition) is 2. The number of amides is 1. The Morgan fingerprint density at radius 3 is 2.65 bits per heavy atom. The maximum absolute atomic E-state index is 11.3. The maximum atomic E-state index is 11.3. The Morgan fingerprint density at radius 1 is 1.24 bits per heavy atom. The van der Waals surface area contributed by atoms with Gasteiger partial charge >= 0.3 is 0 Å². The van der Waals surface area contributed by atoms with Crippen molar-refractivity contribution in [2.45, 2.75) is 0 Å². The van der Waals surface area contributed by atoms with Crippen molar-refractivity contribution < 1.29 is 4.79 Å². The quantitative estimate of drug-likeness (QED) is 0.908. The number of primary amides is 1. The summed E-state index contributed by atoms with van der Waals surface area (Å²) in [7, 11) is 0. The van der Waals surface area contributed by atoms with Crippen molar-refractivity contribution in [1.82, 2.24) is 4.98 Å². The Bertz CT molecular complexity index is 584. The van der Waals surface area contributed by atoms with Crippen molar-refractivity contribution in [3.8, 4) is 11.3 Å². The van der Waals surface area contributed by atoms with Crippen molar-refractivity contribution in [2.75, 3.05) is 0 Å². The highest BCUT2D eigenvalue weighted by molar-refractivity contribution is 6.36. The molecule has 0 aliphatic carbocycles. The molecule has 3 nitrogen and oxygen atoms in total. The summed E-state index contributed by atoms with van der Waals surface area (Å²) < 4.78 is 0. The first kappa shape index (κ1) is 11.9. The molecule has 0 saturated carbocycles. The number of benzene rings is 1. The van der Waals surface area contributed by atoms with E-state index in [1.165, 1.54) is 0 Å². The summed E-state index contributed by atoms with van der Waals surface area (Å²) in [6.07, 6.45) is 1.58. The zero-order valence-corrected chi connectivity index (χ0v) is 10.2. The molecule has 0 fully saturated rings. The monoisotopic (exact) mass is 266 g/mol. The minimum Gasteiger partial charge on any atom is -0.366 e. The van der Waals surface area contributed by atoms with Crippen LogP contribution in [-0.2, 0) is 0 Å². The van der Waals surface area contributed by atoms with E-state index in [0.29, 0.717) is 26.9 Å². The Morgan fingerprint density at radius 2 is 2.00 bits per heavy atom. The molecule has 0 aliphatic heterocycles. The predicted octanol–water partition coefficient (Wildman–Crippen LogP) is 3.15. The van der Waals surface area contributed by atoms with Crippen molar-refractivity contribution in [3.63, 3.8) is 0 Å². The Labute approximate surface area is 108 Å². The molecule has 0 atom stereocenters. The lowest BCUT2D eigenvalue weighted by Crippen LogP contribution is -2.13. The molecule has 1 heterocycles. The van der Waals surface area contributed by atoms with Gasteiger partial charge in [-0.2, -0.15) is 0 Å². The molecule has 2 rings (SSSR count). The lowest BCUT2D eigenvalue weighted by molar-refractivity contribution is 0.100. The van der Waals surface area contributed by atoms with Crippen LogP contribution in [0.25, 0.3) is 11.3 Å². The molecule has 5 heteroatoms. The van der Waals surface area contributed by atoms with E-state index in [2.05, 4.69) is 4.98 Å². The molecule has 17 heavy (non-hydrogen) atoms. The molecule has 0 unspecified atom stereocenters. The summed E-state index contributed by atoms with van der Waals surface area (Å²) >= 11 is 11.9. The highest BCUT2D eigenvalue weighted by Crippen LogP contribution is 2.30. The molecule has 1 amide bonds. The van der Waals surface area contributed by atoms with Crippen LogP contribution in [-0.4, -0.2) is 10.9 Å². The van der Waals surface area contributed by atoms with Gasteiger partial charge in [-0.3, -0.25) is 9.78 Å². The highest BCUT2D eigenvalue weighted by Gasteiger charge is 2.13. The molecular formula is C12H8Cl2N2O. The van der Waals surface area contributed by atoms with Gasteiger partial charge in [-0.05, 0) is 30.3 Å². The normalized spacial score (nSPS) is 10.2. The van der Waals surface area contributed by atoms with Crippen molar-refractivity contribution in [2.24, 2.45) is 5.73 Å². The maximum Gasteiger partial charge on any atom is 0.250 e. The number of hydrogen-bond donors (Lipinski definition) is 1. The van der Waals surface area contributed by atoms with E-state index >= 15 is 0 Å². The van der Waals surface area contributed by atoms with Crippen LogP contribution in [0.5, 0.6) is 0 Å². The van der Waals surface area contributed by atoms with Gasteiger partial charge in [-0.1, -0.05) is 23.2 Å². The van der Waals surface area contributed by atoms with Crippen LogP contribution in [0, 0.1) is 0 Å². The van der Waals surface area contributed by atoms with Gasteiger partial charge in [0.25, 0.3) is 5.91 Å². The van der Waals surface area contributed by atoms with Crippen LogP contribution in [0.4, 0.5) is 0 Å². The first-order valence-corrected chi connectivity index (χ1v) is 5.55. The van der Waals surface area contributed by atoms with Gasteiger partial charge in [0.15, 0.2) is 0 Å². The van der Waals surface area contributed by atoms with E-state index in [1.54, 1.807) is 36.5 Å². The fourth-order valence-corrected chi connectivity index (χ4v) is 2.00. The molecule has 0 aliphatic rings. The van der Waals surface area contributed by atoms with Crippen LogP contribution < -0.4 is 5.73 Å².